The summed E-state index contributed by atoms with van der Waals surface area (Å²) in [6.45, 7) is 4.53. The van der Waals surface area contributed by atoms with Gasteiger partial charge in [-0.2, -0.15) is 0 Å². The molecular weight excluding hydrogens is 274 g/mol. The van der Waals surface area contributed by atoms with Crippen LogP contribution in [-0.2, 0) is 6.42 Å². The Balaban J connectivity index is 1.76. The van der Waals surface area contributed by atoms with Crippen molar-refractivity contribution in [2.75, 3.05) is 46.8 Å². The van der Waals surface area contributed by atoms with Crippen LogP contribution < -0.4 is 0 Å². The molecule has 1 saturated heterocycles. The Labute approximate surface area is 125 Å². The Hall–Kier alpha value is -1.26. The van der Waals surface area contributed by atoms with E-state index in [2.05, 4.69) is 11.0 Å². The van der Waals surface area contributed by atoms with E-state index < -0.39 is 0 Å². The molecular formula is C15H22ClN3O. The number of amides is 2. The van der Waals surface area contributed by atoms with Crippen molar-refractivity contribution in [2.24, 2.45) is 0 Å². The summed E-state index contributed by atoms with van der Waals surface area (Å²) < 4.78 is 0. The van der Waals surface area contributed by atoms with Gasteiger partial charge in [-0.1, -0.05) is 23.7 Å². The third kappa shape index (κ3) is 4.12. The molecule has 0 aliphatic carbocycles. The van der Waals surface area contributed by atoms with E-state index in [1.807, 2.05) is 23.1 Å². The first-order chi connectivity index (χ1) is 9.56. The van der Waals surface area contributed by atoms with Gasteiger partial charge >= 0.3 is 6.03 Å². The molecule has 1 aromatic rings. The Morgan fingerprint density at radius 2 is 1.95 bits per heavy atom. The van der Waals surface area contributed by atoms with Crippen molar-refractivity contribution in [1.29, 1.82) is 0 Å². The van der Waals surface area contributed by atoms with Gasteiger partial charge in [-0.3, -0.25) is 4.90 Å². The third-order valence-electron chi connectivity index (χ3n) is 3.63. The predicted octanol–water partition coefficient (Wildman–Crippen LogP) is 2.18. The van der Waals surface area contributed by atoms with Crippen molar-refractivity contribution in [3.05, 3.63) is 34.9 Å². The van der Waals surface area contributed by atoms with Crippen molar-refractivity contribution in [3.8, 4) is 0 Å². The SMILES string of the molecule is CN(C)C(=O)N1CCN(CCc2cccc(Cl)c2)CC1. The van der Waals surface area contributed by atoms with Crippen LogP contribution in [0.1, 0.15) is 5.56 Å². The molecule has 1 aromatic carbocycles. The molecule has 0 spiro atoms. The van der Waals surface area contributed by atoms with Crippen LogP contribution in [0.15, 0.2) is 24.3 Å². The topological polar surface area (TPSA) is 26.8 Å². The highest BCUT2D eigenvalue weighted by Crippen LogP contribution is 2.12. The molecule has 4 nitrogen and oxygen atoms in total. The molecule has 110 valence electrons. The fourth-order valence-electron chi connectivity index (χ4n) is 2.43. The highest BCUT2D eigenvalue weighted by atomic mass is 35.5. The standard InChI is InChI=1S/C15H22ClN3O/c1-17(2)15(20)19-10-8-18(9-11-19)7-6-13-4-3-5-14(16)12-13/h3-5,12H,6-11H2,1-2H3. The summed E-state index contributed by atoms with van der Waals surface area (Å²) in [5.74, 6) is 0. The second-order valence-corrected chi connectivity index (χ2v) is 5.82. The molecule has 5 heteroatoms. The maximum Gasteiger partial charge on any atom is 0.319 e. The number of carbonyl (C=O) groups excluding carboxylic acids is 1. The van der Waals surface area contributed by atoms with E-state index in [1.54, 1.807) is 19.0 Å². The van der Waals surface area contributed by atoms with Gasteiger partial charge in [0.15, 0.2) is 0 Å². The molecule has 0 saturated carbocycles. The van der Waals surface area contributed by atoms with E-state index in [-0.39, 0.29) is 6.03 Å². The van der Waals surface area contributed by atoms with E-state index in [9.17, 15) is 4.79 Å². The van der Waals surface area contributed by atoms with E-state index >= 15 is 0 Å². The molecule has 1 aliphatic rings. The summed E-state index contributed by atoms with van der Waals surface area (Å²) in [5.41, 5.74) is 1.27. The molecule has 20 heavy (non-hydrogen) atoms. The average molecular weight is 296 g/mol. The van der Waals surface area contributed by atoms with Crippen LogP contribution in [-0.4, -0.2) is 67.5 Å². The lowest BCUT2D eigenvalue weighted by molar-refractivity contribution is 0.124. The Morgan fingerprint density at radius 1 is 1.25 bits per heavy atom. The molecule has 1 aliphatic heterocycles. The van der Waals surface area contributed by atoms with Crippen molar-refractivity contribution >= 4 is 17.6 Å². The first-order valence-corrected chi connectivity index (χ1v) is 7.37. The van der Waals surface area contributed by atoms with Gasteiger partial charge in [0.2, 0.25) is 0 Å². The molecule has 0 atom stereocenters. The largest absolute Gasteiger partial charge is 0.331 e. The first kappa shape index (κ1) is 15.1. The van der Waals surface area contributed by atoms with Crippen molar-refractivity contribution in [1.82, 2.24) is 14.7 Å². The van der Waals surface area contributed by atoms with E-state index in [0.717, 1.165) is 44.2 Å². The highest BCUT2D eigenvalue weighted by Gasteiger charge is 2.21. The minimum absolute atomic E-state index is 0.111. The van der Waals surface area contributed by atoms with Gasteiger partial charge in [0.05, 0.1) is 0 Å². The zero-order valence-corrected chi connectivity index (χ0v) is 12.9. The lowest BCUT2D eigenvalue weighted by Crippen LogP contribution is -2.51. The van der Waals surface area contributed by atoms with E-state index in [4.69, 9.17) is 11.6 Å². The third-order valence-corrected chi connectivity index (χ3v) is 3.87. The van der Waals surface area contributed by atoms with Crippen molar-refractivity contribution in [2.45, 2.75) is 6.42 Å². The zero-order chi connectivity index (χ0) is 14.5. The molecule has 2 amide bonds. The fraction of sp³-hybridized carbons (Fsp3) is 0.533. The molecule has 0 aromatic heterocycles. The number of hydrogen-bond donors (Lipinski definition) is 0. The molecule has 0 N–H and O–H groups in total. The minimum atomic E-state index is 0.111. The summed E-state index contributed by atoms with van der Waals surface area (Å²) in [4.78, 5) is 17.8. The molecule has 0 bridgehead atoms. The lowest BCUT2D eigenvalue weighted by Gasteiger charge is -2.35. The Bertz CT molecular complexity index is 456. The fourth-order valence-corrected chi connectivity index (χ4v) is 2.64. The van der Waals surface area contributed by atoms with Gasteiger partial charge in [0.25, 0.3) is 0 Å². The first-order valence-electron chi connectivity index (χ1n) is 6.99. The number of halogens is 1. The highest BCUT2D eigenvalue weighted by molar-refractivity contribution is 6.30. The number of hydrogen-bond acceptors (Lipinski definition) is 2. The quantitative estimate of drug-likeness (QED) is 0.854. The van der Waals surface area contributed by atoms with Gasteiger partial charge in [-0.05, 0) is 24.1 Å². The van der Waals surface area contributed by atoms with Crippen LogP contribution in [0, 0.1) is 0 Å². The maximum atomic E-state index is 11.8. The number of rotatable bonds is 3. The van der Waals surface area contributed by atoms with Crippen LogP contribution in [0.4, 0.5) is 4.79 Å². The zero-order valence-electron chi connectivity index (χ0n) is 12.2. The summed E-state index contributed by atoms with van der Waals surface area (Å²) >= 11 is 5.99. The molecule has 0 unspecified atom stereocenters. The van der Waals surface area contributed by atoms with Gasteiger partial charge in [0.1, 0.15) is 0 Å². The average Bonchev–Trinajstić information content (AvgIpc) is 2.45. The minimum Gasteiger partial charge on any atom is -0.331 e. The Kier molecular flexibility index (Phi) is 5.26. The molecule has 1 heterocycles. The normalized spacial score (nSPS) is 16.2. The van der Waals surface area contributed by atoms with Crippen molar-refractivity contribution in [3.63, 3.8) is 0 Å². The Morgan fingerprint density at radius 3 is 2.55 bits per heavy atom. The van der Waals surface area contributed by atoms with Crippen LogP contribution >= 0.6 is 11.6 Å². The second-order valence-electron chi connectivity index (χ2n) is 5.39. The predicted molar refractivity (Wildman–Crippen MR) is 82.3 cm³/mol. The molecule has 2 rings (SSSR count). The van der Waals surface area contributed by atoms with Gasteiger partial charge < -0.3 is 9.80 Å². The molecule has 0 radical (unpaired) electrons. The second kappa shape index (κ2) is 6.95. The monoisotopic (exact) mass is 295 g/mol. The van der Waals surface area contributed by atoms with Crippen LogP contribution in [0.5, 0.6) is 0 Å². The number of nitrogens with zero attached hydrogens (tertiary/aromatic N) is 3. The summed E-state index contributed by atoms with van der Waals surface area (Å²) in [7, 11) is 3.60. The van der Waals surface area contributed by atoms with Crippen molar-refractivity contribution < 1.29 is 4.79 Å². The van der Waals surface area contributed by atoms with E-state index in [1.165, 1.54) is 5.56 Å². The van der Waals surface area contributed by atoms with Gasteiger partial charge in [-0.15, -0.1) is 0 Å². The van der Waals surface area contributed by atoms with Crippen LogP contribution in [0.25, 0.3) is 0 Å². The number of carbonyl (C=O) groups is 1. The summed E-state index contributed by atoms with van der Waals surface area (Å²) in [6, 6.07) is 8.13. The van der Waals surface area contributed by atoms with Gasteiger partial charge in [-0.25, -0.2) is 4.79 Å². The smallest absolute Gasteiger partial charge is 0.319 e. The van der Waals surface area contributed by atoms with Gasteiger partial charge in [0, 0.05) is 51.8 Å². The maximum absolute atomic E-state index is 11.8. The summed E-state index contributed by atoms with van der Waals surface area (Å²) in [5, 5.41) is 0.795. The number of piperazine rings is 1. The molecule has 1 fully saturated rings. The number of benzene rings is 1. The van der Waals surface area contributed by atoms with Crippen LogP contribution in [0.2, 0.25) is 5.02 Å². The summed E-state index contributed by atoms with van der Waals surface area (Å²) in [6.07, 6.45) is 1.00. The van der Waals surface area contributed by atoms with E-state index in [0.29, 0.717) is 0 Å². The number of urea groups is 1. The van der Waals surface area contributed by atoms with Crippen LogP contribution in [0.3, 0.4) is 0 Å². The lowest BCUT2D eigenvalue weighted by atomic mass is 10.1.